The molecule has 0 fully saturated rings. The van der Waals surface area contributed by atoms with Crippen molar-refractivity contribution in [3.05, 3.63) is 72.6 Å². The molecule has 0 unspecified atom stereocenters. The predicted molar refractivity (Wildman–Crippen MR) is 123 cm³/mol. The average molecular weight is 480 g/mol. The van der Waals surface area contributed by atoms with Crippen molar-refractivity contribution in [2.24, 2.45) is 0 Å². The number of benzene rings is 2. The first-order chi connectivity index (χ1) is 16.4. The van der Waals surface area contributed by atoms with E-state index in [1.165, 1.54) is 18.5 Å². The molecule has 0 aliphatic carbocycles. The van der Waals surface area contributed by atoms with Crippen molar-refractivity contribution in [3.8, 4) is 28.9 Å². The molecule has 0 radical (unpaired) electrons. The van der Waals surface area contributed by atoms with E-state index in [4.69, 9.17) is 14.2 Å². The molecule has 1 aliphatic heterocycles. The number of anilines is 1. The number of nitrogens with one attached hydrogen (secondary N) is 1. The molecular weight excluding hydrogens is 458 g/mol. The Labute approximate surface area is 196 Å². The number of ether oxygens (including phenoxy) is 3. The maximum Gasteiger partial charge on any atom is 0.262 e. The molecule has 0 saturated heterocycles. The second kappa shape index (κ2) is 8.67. The molecule has 2 aromatic carbocycles. The lowest BCUT2D eigenvalue weighted by Gasteiger charge is -2.19. The molecule has 4 aromatic rings. The van der Waals surface area contributed by atoms with Gasteiger partial charge in [-0.25, -0.2) is 23.4 Å². The van der Waals surface area contributed by atoms with Gasteiger partial charge in [0.05, 0.1) is 10.6 Å². The van der Waals surface area contributed by atoms with E-state index in [2.05, 4.69) is 19.7 Å². The van der Waals surface area contributed by atoms with Crippen LogP contribution in [0.5, 0.6) is 23.1 Å². The van der Waals surface area contributed by atoms with Crippen LogP contribution in [0.2, 0.25) is 0 Å². The van der Waals surface area contributed by atoms with E-state index in [-0.39, 0.29) is 4.90 Å². The zero-order valence-electron chi connectivity index (χ0n) is 18.4. The lowest BCUT2D eigenvalue weighted by Crippen LogP contribution is -2.17. The highest BCUT2D eigenvalue weighted by atomic mass is 32.2. The second-order valence-corrected chi connectivity index (χ2v) is 9.22. The molecule has 0 bridgehead atoms. The third-order valence-electron chi connectivity index (χ3n) is 5.28. The molecule has 10 nitrogen and oxygen atoms in total. The van der Waals surface area contributed by atoms with Crippen LogP contribution < -0.4 is 18.9 Å². The first kappa shape index (κ1) is 21.7. The van der Waals surface area contributed by atoms with E-state index in [1.807, 2.05) is 18.4 Å². The molecule has 0 saturated carbocycles. The number of sulfonamides is 1. The van der Waals surface area contributed by atoms with Crippen molar-refractivity contribution in [2.45, 2.75) is 18.7 Å². The van der Waals surface area contributed by atoms with Gasteiger partial charge in [-0.1, -0.05) is 0 Å². The summed E-state index contributed by atoms with van der Waals surface area (Å²) in [7, 11) is -3.81. The summed E-state index contributed by atoms with van der Waals surface area (Å²) in [6.45, 7) is 4.69. The van der Waals surface area contributed by atoms with Gasteiger partial charge in [0, 0.05) is 23.5 Å². The Balaban J connectivity index is 1.30. The first-order valence-corrected chi connectivity index (χ1v) is 11.9. The Morgan fingerprint density at radius 1 is 0.941 bits per heavy atom. The molecule has 3 heterocycles. The summed E-state index contributed by atoms with van der Waals surface area (Å²) in [6, 6.07) is 12.7. The number of rotatable bonds is 6. The van der Waals surface area contributed by atoms with E-state index in [0.29, 0.717) is 47.8 Å². The van der Waals surface area contributed by atoms with Crippen molar-refractivity contribution in [1.82, 2.24) is 19.5 Å². The monoisotopic (exact) mass is 479 g/mol. The molecule has 34 heavy (non-hydrogen) atoms. The van der Waals surface area contributed by atoms with Gasteiger partial charge in [0.15, 0.2) is 11.5 Å². The number of hydrogen-bond acceptors (Lipinski definition) is 8. The van der Waals surface area contributed by atoms with Gasteiger partial charge in [0.2, 0.25) is 5.88 Å². The van der Waals surface area contributed by atoms with Crippen LogP contribution in [0.25, 0.3) is 5.82 Å². The highest BCUT2D eigenvalue weighted by molar-refractivity contribution is 7.92. The summed E-state index contributed by atoms with van der Waals surface area (Å²) < 4.78 is 46.8. The number of hydrogen-bond donors (Lipinski definition) is 1. The number of aromatic nitrogens is 4. The van der Waals surface area contributed by atoms with Gasteiger partial charge in [-0.15, -0.1) is 0 Å². The predicted octanol–water partition coefficient (Wildman–Crippen LogP) is 3.64. The Hall–Kier alpha value is -4.12. The van der Waals surface area contributed by atoms with Crippen LogP contribution in [0.4, 0.5) is 5.69 Å². The maximum absolute atomic E-state index is 12.8. The lowest BCUT2D eigenvalue weighted by atomic mass is 10.3. The Morgan fingerprint density at radius 3 is 2.44 bits per heavy atom. The molecule has 5 rings (SSSR count). The average Bonchev–Trinajstić information content (AvgIpc) is 3.18. The van der Waals surface area contributed by atoms with Crippen molar-refractivity contribution < 1.29 is 22.6 Å². The minimum absolute atomic E-state index is 0.0793. The molecule has 2 aromatic heterocycles. The zero-order valence-corrected chi connectivity index (χ0v) is 19.2. The van der Waals surface area contributed by atoms with Crippen molar-refractivity contribution in [2.75, 3.05) is 17.9 Å². The van der Waals surface area contributed by atoms with Crippen molar-refractivity contribution in [1.29, 1.82) is 0 Å². The standard InChI is InChI=1S/C23H21N5O5S/c1-15-16(2)28(14-26-15)22-12-23(25-13-24-22)33-18-5-3-17(4-6-18)27-34(29,30)19-7-8-20-21(11-19)32-10-9-31-20/h3-8,11-14,27H,9-10H2,1-2H3. The largest absolute Gasteiger partial charge is 0.486 e. The smallest absolute Gasteiger partial charge is 0.262 e. The third kappa shape index (κ3) is 4.37. The molecule has 0 atom stereocenters. The minimum Gasteiger partial charge on any atom is -0.486 e. The molecular formula is C23H21N5O5S. The topological polar surface area (TPSA) is 117 Å². The summed E-state index contributed by atoms with van der Waals surface area (Å²) >= 11 is 0. The minimum atomic E-state index is -3.81. The van der Waals surface area contributed by atoms with Gasteiger partial charge < -0.3 is 14.2 Å². The third-order valence-corrected chi connectivity index (χ3v) is 6.66. The van der Waals surface area contributed by atoms with Crippen molar-refractivity contribution in [3.63, 3.8) is 0 Å². The van der Waals surface area contributed by atoms with E-state index < -0.39 is 10.0 Å². The first-order valence-electron chi connectivity index (χ1n) is 10.4. The Morgan fingerprint density at radius 2 is 1.71 bits per heavy atom. The fourth-order valence-electron chi connectivity index (χ4n) is 3.36. The van der Waals surface area contributed by atoms with E-state index in [9.17, 15) is 8.42 Å². The van der Waals surface area contributed by atoms with Gasteiger partial charge in [-0.2, -0.15) is 0 Å². The van der Waals surface area contributed by atoms with Gasteiger partial charge >= 0.3 is 0 Å². The van der Waals surface area contributed by atoms with Gasteiger partial charge in [0.25, 0.3) is 10.0 Å². The van der Waals surface area contributed by atoms with Crippen LogP contribution in [-0.2, 0) is 10.0 Å². The van der Waals surface area contributed by atoms with Crippen molar-refractivity contribution >= 4 is 15.7 Å². The Kier molecular flexibility index (Phi) is 5.54. The number of nitrogens with zero attached hydrogens (tertiary/aromatic N) is 4. The van der Waals surface area contributed by atoms with E-state index >= 15 is 0 Å². The van der Waals surface area contributed by atoms with Crippen LogP contribution in [0.15, 0.2) is 66.1 Å². The van der Waals surface area contributed by atoms with Gasteiger partial charge in [-0.3, -0.25) is 9.29 Å². The number of fused-ring (bicyclic) bond motifs is 1. The molecule has 174 valence electrons. The summed E-state index contributed by atoms with van der Waals surface area (Å²) in [6.07, 6.45) is 3.11. The fraction of sp³-hybridized carbons (Fsp3) is 0.174. The molecule has 1 N–H and O–H groups in total. The molecule has 11 heteroatoms. The fourth-order valence-corrected chi connectivity index (χ4v) is 4.44. The summed E-state index contributed by atoms with van der Waals surface area (Å²) in [5.41, 5.74) is 2.27. The van der Waals surface area contributed by atoms with Crippen LogP contribution in [0.1, 0.15) is 11.4 Å². The SMILES string of the molecule is Cc1ncn(-c2cc(Oc3ccc(NS(=O)(=O)c4ccc5c(c4)OCCO5)cc3)ncn2)c1C. The highest BCUT2D eigenvalue weighted by Crippen LogP contribution is 2.33. The molecule has 0 amide bonds. The molecule has 1 aliphatic rings. The van der Waals surface area contributed by atoms with Crippen LogP contribution in [0.3, 0.4) is 0 Å². The lowest BCUT2D eigenvalue weighted by molar-refractivity contribution is 0.171. The number of imidazole rings is 1. The Bertz CT molecular complexity index is 1450. The van der Waals surface area contributed by atoms with Crippen LogP contribution in [-0.4, -0.2) is 41.2 Å². The molecule has 0 spiro atoms. The van der Waals surface area contributed by atoms with Gasteiger partial charge in [0.1, 0.15) is 37.4 Å². The number of aryl methyl sites for hydroxylation is 1. The van der Waals surface area contributed by atoms with Crippen LogP contribution in [0, 0.1) is 13.8 Å². The summed E-state index contributed by atoms with van der Waals surface area (Å²) in [4.78, 5) is 12.8. The maximum atomic E-state index is 12.8. The quantitative estimate of drug-likeness (QED) is 0.445. The zero-order chi connectivity index (χ0) is 23.7. The summed E-state index contributed by atoms with van der Waals surface area (Å²) in [5.74, 6) is 2.40. The van der Waals surface area contributed by atoms with Crippen LogP contribution >= 0.6 is 0 Å². The normalized spacial score (nSPS) is 12.9. The summed E-state index contributed by atoms with van der Waals surface area (Å²) in [5, 5.41) is 0. The second-order valence-electron chi connectivity index (χ2n) is 7.54. The van der Waals surface area contributed by atoms with E-state index in [1.54, 1.807) is 42.7 Å². The highest BCUT2D eigenvalue weighted by Gasteiger charge is 2.19. The van der Waals surface area contributed by atoms with Gasteiger partial charge in [-0.05, 0) is 50.2 Å². The van der Waals surface area contributed by atoms with E-state index in [0.717, 1.165) is 11.4 Å².